The molecule has 0 amide bonds. The molecule has 1 N–H and O–H groups in total. The van der Waals surface area contributed by atoms with Crippen LogP contribution >= 0.6 is 0 Å². The molecule has 2 atom stereocenters. The molecule has 0 radical (unpaired) electrons. The summed E-state index contributed by atoms with van der Waals surface area (Å²) in [6, 6.07) is 0.394. The lowest BCUT2D eigenvalue weighted by Crippen LogP contribution is -2.37. The van der Waals surface area contributed by atoms with Crippen molar-refractivity contribution in [1.82, 2.24) is 10.2 Å². The summed E-state index contributed by atoms with van der Waals surface area (Å²) < 4.78 is 38.9. The van der Waals surface area contributed by atoms with Crippen molar-refractivity contribution < 1.29 is 17.9 Å². The Morgan fingerprint density at radius 2 is 1.94 bits per heavy atom. The first-order valence-electron chi connectivity index (χ1n) is 6.49. The molecule has 0 saturated carbocycles. The number of halogens is 3. The topological polar surface area (TPSA) is 24.5 Å². The Labute approximate surface area is 108 Å². The Kier molecular flexibility index (Phi) is 8.56. The van der Waals surface area contributed by atoms with Gasteiger partial charge in [-0.1, -0.05) is 20.8 Å². The molecule has 1 aliphatic rings. The van der Waals surface area contributed by atoms with Crippen molar-refractivity contribution in [2.45, 2.75) is 39.6 Å². The van der Waals surface area contributed by atoms with Gasteiger partial charge in [-0.25, -0.2) is 0 Å². The van der Waals surface area contributed by atoms with Crippen molar-refractivity contribution in [2.24, 2.45) is 5.92 Å². The molecule has 0 aromatic heterocycles. The van der Waals surface area contributed by atoms with E-state index in [4.69, 9.17) is 0 Å². The number of ether oxygens (including phenoxy) is 1. The van der Waals surface area contributed by atoms with Gasteiger partial charge in [-0.3, -0.25) is 4.74 Å². The van der Waals surface area contributed by atoms with Gasteiger partial charge in [-0.2, -0.15) is 0 Å². The summed E-state index contributed by atoms with van der Waals surface area (Å²) in [7, 11) is 1.81. The second-order valence-electron chi connectivity index (χ2n) is 4.50. The van der Waals surface area contributed by atoms with E-state index >= 15 is 0 Å². The molecule has 1 saturated heterocycles. The van der Waals surface area contributed by atoms with E-state index in [0.29, 0.717) is 18.5 Å². The number of nitrogens with zero attached hydrogens (tertiary/aromatic N) is 1. The molecule has 6 heteroatoms. The normalized spacial score (nSPS) is 24.0. The molecule has 0 aromatic carbocycles. The van der Waals surface area contributed by atoms with Gasteiger partial charge in [0.05, 0.1) is 6.61 Å². The summed E-state index contributed by atoms with van der Waals surface area (Å²) in [6.45, 7) is 7.93. The lowest BCUT2D eigenvalue weighted by molar-refractivity contribution is -0.324. The average Bonchev–Trinajstić information content (AvgIpc) is 2.65. The van der Waals surface area contributed by atoms with Crippen molar-refractivity contribution in [3.63, 3.8) is 0 Å². The Bertz CT molecular complexity index is 212. The van der Waals surface area contributed by atoms with Crippen molar-refractivity contribution in [2.75, 3.05) is 33.3 Å². The predicted molar refractivity (Wildman–Crippen MR) is 66.4 cm³/mol. The second-order valence-corrected chi connectivity index (χ2v) is 4.50. The molecule has 1 rings (SSSR count). The number of alkyl halides is 3. The quantitative estimate of drug-likeness (QED) is 0.830. The van der Waals surface area contributed by atoms with Gasteiger partial charge in [0.25, 0.3) is 0 Å². The maximum atomic E-state index is 11.7. The summed E-state index contributed by atoms with van der Waals surface area (Å²) in [5.41, 5.74) is 0. The Morgan fingerprint density at radius 1 is 1.33 bits per heavy atom. The molecule has 0 bridgehead atoms. The van der Waals surface area contributed by atoms with Gasteiger partial charge in [0.1, 0.15) is 0 Å². The number of hydrogen-bond donors (Lipinski definition) is 1. The van der Waals surface area contributed by atoms with Crippen LogP contribution in [0, 0.1) is 5.92 Å². The number of nitrogens with one attached hydrogen (secondary N) is 1. The first-order valence-corrected chi connectivity index (χ1v) is 6.49. The van der Waals surface area contributed by atoms with Crippen LogP contribution in [0.15, 0.2) is 0 Å². The highest BCUT2D eigenvalue weighted by Crippen LogP contribution is 2.16. The van der Waals surface area contributed by atoms with E-state index in [1.807, 2.05) is 25.8 Å². The van der Waals surface area contributed by atoms with Crippen LogP contribution in [0.4, 0.5) is 13.2 Å². The molecule has 3 nitrogen and oxygen atoms in total. The Balaban J connectivity index is 0.00000137. The summed E-state index contributed by atoms with van der Waals surface area (Å²) in [6.07, 6.45) is -3.43. The Hall–Kier alpha value is -0.330. The Morgan fingerprint density at radius 3 is 2.39 bits per heavy atom. The minimum Gasteiger partial charge on any atom is -0.312 e. The van der Waals surface area contributed by atoms with E-state index in [1.165, 1.54) is 0 Å². The van der Waals surface area contributed by atoms with Crippen LogP contribution < -0.4 is 5.32 Å². The third-order valence-electron chi connectivity index (χ3n) is 2.71. The minimum absolute atomic E-state index is 0.298. The first kappa shape index (κ1) is 17.7. The van der Waals surface area contributed by atoms with Crippen LogP contribution in [0.5, 0.6) is 0 Å². The molecule has 2 unspecified atom stereocenters. The molecule has 1 fully saturated rings. The monoisotopic (exact) mass is 270 g/mol. The SMILES string of the molecule is CC.CC1CNC(CN(C)CCOC(F)(F)F)C1. The molecule has 0 aromatic rings. The highest BCUT2D eigenvalue weighted by molar-refractivity contribution is 4.81. The van der Waals surface area contributed by atoms with Crippen molar-refractivity contribution in [3.8, 4) is 0 Å². The first-order chi connectivity index (χ1) is 8.37. The molecule has 0 spiro atoms. The van der Waals surface area contributed by atoms with Gasteiger partial charge in [-0.15, -0.1) is 13.2 Å². The van der Waals surface area contributed by atoms with Crippen LogP contribution in [0.2, 0.25) is 0 Å². The summed E-state index contributed by atoms with van der Waals surface area (Å²) in [5, 5.41) is 3.34. The van der Waals surface area contributed by atoms with Crippen LogP contribution in [0.1, 0.15) is 27.2 Å². The number of likely N-dealkylation sites (N-methyl/N-ethyl adjacent to an activating group) is 1. The zero-order valence-electron chi connectivity index (χ0n) is 11.7. The highest BCUT2D eigenvalue weighted by Gasteiger charge is 2.29. The molecule has 18 heavy (non-hydrogen) atoms. The maximum absolute atomic E-state index is 11.7. The minimum atomic E-state index is -4.51. The van der Waals surface area contributed by atoms with E-state index in [-0.39, 0.29) is 6.61 Å². The molecule has 1 heterocycles. The average molecular weight is 270 g/mol. The van der Waals surface area contributed by atoms with Crippen LogP contribution in [-0.4, -0.2) is 50.6 Å². The standard InChI is InChI=1S/C10H19F3N2O.C2H6/c1-8-5-9(14-6-8)7-15(2)3-4-16-10(11,12)13;1-2/h8-9,14H,3-7H2,1-2H3;1-2H3. The van der Waals surface area contributed by atoms with Crippen molar-refractivity contribution in [3.05, 3.63) is 0 Å². The van der Waals surface area contributed by atoms with Gasteiger partial charge in [0.15, 0.2) is 0 Å². The van der Waals surface area contributed by atoms with E-state index in [1.54, 1.807) is 0 Å². The maximum Gasteiger partial charge on any atom is 0.522 e. The fourth-order valence-electron chi connectivity index (χ4n) is 1.94. The van der Waals surface area contributed by atoms with Gasteiger partial charge >= 0.3 is 6.36 Å². The van der Waals surface area contributed by atoms with E-state index in [2.05, 4.69) is 17.0 Å². The predicted octanol–water partition coefficient (Wildman–Crippen LogP) is 2.48. The van der Waals surface area contributed by atoms with Gasteiger partial charge < -0.3 is 10.2 Å². The smallest absolute Gasteiger partial charge is 0.312 e. The van der Waals surface area contributed by atoms with E-state index in [9.17, 15) is 13.2 Å². The summed E-state index contributed by atoms with van der Waals surface area (Å²) >= 11 is 0. The van der Waals surface area contributed by atoms with Gasteiger partial charge in [0.2, 0.25) is 0 Å². The molecule has 110 valence electrons. The van der Waals surface area contributed by atoms with Crippen molar-refractivity contribution in [1.29, 1.82) is 0 Å². The largest absolute Gasteiger partial charge is 0.522 e. The van der Waals surface area contributed by atoms with Crippen LogP contribution in [0.25, 0.3) is 0 Å². The fraction of sp³-hybridized carbons (Fsp3) is 1.00. The molecule has 0 aliphatic carbocycles. The summed E-state index contributed by atoms with van der Waals surface area (Å²) in [4.78, 5) is 1.86. The third-order valence-corrected chi connectivity index (χ3v) is 2.71. The third kappa shape index (κ3) is 8.72. The van der Waals surface area contributed by atoms with Crippen LogP contribution in [-0.2, 0) is 4.74 Å². The zero-order valence-corrected chi connectivity index (χ0v) is 11.7. The summed E-state index contributed by atoms with van der Waals surface area (Å²) in [5.74, 6) is 0.657. The highest BCUT2D eigenvalue weighted by atomic mass is 19.4. The number of rotatable bonds is 5. The molecular formula is C12H25F3N2O. The molecular weight excluding hydrogens is 245 g/mol. The fourth-order valence-corrected chi connectivity index (χ4v) is 1.94. The lowest BCUT2D eigenvalue weighted by atomic mass is 10.1. The van der Waals surface area contributed by atoms with Gasteiger partial charge in [-0.05, 0) is 25.9 Å². The molecule has 1 aliphatic heterocycles. The zero-order chi connectivity index (χ0) is 14.2. The number of hydrogen-bond acceptors (Lipinski definition) is 3. The van der Waals surface area contributed by atoms with E-state index in [0.717, 1.165) is 19.5 Å². The van der Waals surface area contributed by atoms with E-state index < -0.39 is 6.36 Å². The van der Waals surface area contributed by atoms with Crippen LogP contribution in [0.3, 0.4) is 0 Å². The van der Waals surface area contributed by atoms with Crippen molar-refractivity contribution >= 4 is 0 Å². The lowest BCUT2D eigenvalue weighted by Gasteiger charge is -2.21. The second kappa shape index (κ2) is 8.72. The van der Waals surface area contributed by atoms with Gasteiger partial charge in [0, 0.05) is 19.1 Å².